The van der Waals surface area contributed by atoms with Gasteiger partial charge in [-0.1, -0.05) is 49.5 Å². The minimum atomic E-state index is 0.650. The third-order valence-corrected chi connectivity index (χ3v) is 5.00. The zero-order valence-corrected chi connectivity index (χ0v) is 14.0. The Labute approximate surface area is 133 Å². The first-order chi connectivity index (χ1) is 9.56. The second-order valence-electron chi connectivity index (χ2n) is 6.46. The fourth-order valence-corrected chi connectivity index (χ4v) is 3.50. The van der Waals surface area contributed by atoms with Crippen LogP contribution in [-0.4, -0.2) is 13.1 Å². The monoisotopic (exact) mass is 313 g/mol. The molecule has 0 amide bonds. The van der Waals surface area contributed by atoms with Gasteiger partial charge in [0.25, 0.3) is 0 Å². The molecule has 2 unspecified atom stereocenters. The zero-order chi connectivity index (χ0) is 14.5. The molecule has 0 radical (unpaired) electrons. The highest BCUT2D eigenvalue weighted by molar-refractivity contribution is 6.42. The van der Waals surface area contributed by atoms with Crippen LogP contribution in [0.25, 0.3) is 0 Å². The van der Waals surface area contributed by atoms with Gasteiger partial charge in [0.15, 0.2) is 0 Å². The van der Waals surface area contributed by atoms with E-state index in [9.17, 15) is 0 Å². The molecular weight excluding hydrogens is 289 g/mol. The minimum Gasteiger partial charge on any atom is -0.316 e. The summed E-state index contributed by atoms with van der Waals surface area (Å²) in [5, 5.41) is 4.94. The van der Waals surface area contributed by atoms with Crippen LogP contribution in [0.2, 0.25) is 10.0 Å². The van der Waals surface area contributed by atoms with Crippen molar-refractivity contribution in [1.82, 2.24) is 5.32 Å². The van der Waals surface area contributed by atoms with Gasteiger partial charge in [-0.2, -0.15) is 0 Å². The molecule has 0 heterocycles. The van der Waals surface area contributed by atoms with Crippen molar-refractivity contribution in [1.29, 1.82) is 0 Å². The molecule has 0 bridgehead atoms. The summed E-state index contributed by atoms with van der Waals surface area (Å²) in [7, 11) is 0. The largest absolute Gasteiger partial charge is 0.316 e. The third-order valence-electron chi connectivity index (χ3n) is 4.26. The molecule has 20 heavy (non-hydrogen) atoms. The average molecular weight is 314 g/mol. The maximum absolute atomic E-state index is 6.11. The van der Waals surface area contributed by atoms with Crippen LogP contribution in [0.15, 0.2) is 18.2 Å². The van der Waals surface area contributed by atoms with E-state index in [1.165, 1.54) is 24.8 Å². The summed E-state index contributed by atoms with van der Waals surface area (Å²) in [4.78, 5) is 0. The van der Waals surface area contributed by atoms with Crippen molar-refractivity contribution in [3.63, 3.8) is 0 Å². The standard InChI is InChI=1S/C17H25Cl2N/c1-12(2)10-20-11-15-5-3-4-14(15)8-13-6-7-16(18)17(19)9-13/h6-7,9,12,14-15,20H,3-5,8,10-11H2,1-2H3. The SMILES string of the molecule is CC(C)CNCC1CCCC1Cc1ccc(Cl)c(Cl)c1. The molecule has 1 aliphatic carbocycles. The van der Waals surface area contributed by atoms with Crippen LogP contribution in [0, 0.1) is 17.8 Å². The lowest BCUT2D eigenvalue weighted by molar-refractivity contribution is 0.357. The summed E-state index contributed by atoms with van der Waals surface area (Å²) in [5.41, 5.74) is 1.32. The molecule has 1 N–H and O–H groups in total. The van der Waals surface area contributed by atoms with Gasteiger partial charge in [-0.05, 0) is 67.8 Å². The Morgan fingerprint density at radius 3 is 2.60 bits per heavy atom. The first-order valence-electron chi connectivity index (χ1n) is 7.71. The van der Waals surface area contributed by atoms with Gasteiger partial charge in [-0.25, -0.2) is 0 Å². The predicted molar refractivity (Wildman–Crippen MR) is 88.7 cm³/mol. The molecule has 1 aromatic rings. The number of nitrogens with one attached hydrogen (secondary N) is 1. The minimum absolute atomic E-state index is 0.650. The molecule has 2 atom stereocenters. The highest BCUT2D eigenvalue weighted by Gasteiger charge is 2.27. The van der Waals surface area contributed by atoms with Crippen LogP contribution in [0.5, 0.6) is 0 Å². The fraction of sp³-hybridized carbons (Fsp3) is 0.647. The van der Waals surface area contributed by atoms with Crippen LogP contribution >= 0.6 is 23.2 Å². The summed E-state index contributed by atoms with van der Waals surface area (Å²) < 4.78 is 0. The van der Waals surface area contributed by atoms with Crippen molar-refractivity contribution in [3.8, 4) is 0 Å². The van der Waals surface area contributed by atoms with Gasteiger partial charge in [0.2, 0.25) is 0 Å². The lowest BCUT2D eigenvalue weighted by Gasteiger charge is -2.21. The van der Waals surface area contributed by atoms with E-state index in [0.717, 1.165) is 37.3 Å². The van der Waals surface area contributed by atoms with Crippen molar-refractivity contribution in [2.45, 2.75) is 39.5 Å². The quantitative estimate of drug-likeness (QED) is 0.761. The van der Waals surface area contributed by atoms with Crippen molar-refractivity contribution < 1.29 is 0 Å². The summed E-state index contributed by atoms with van der Waals surface area (Å²) >= 11 is 12.1. The van der Waals surface area contributed by atoms with E-state index < -0.39 is 0 Å². The van der Waals surface area contributed by atoms with Crippen LogP contribution in [0.1, 0.15) is 38.7 Å². The van der Waals surface area contributed by atoms with E-state index in [1.54, 1.807) is 0 Å². The summed E-state index contributed by atoms with van der Waals surface area (Å²) in [6, 6.07) is 6.06. The predicted octanol–water partition coefficient (Wildman–Crippen LogP) is 5.20. The maximum Gasteiger partial charge on any atom is 0.0595 e. The van der Waals surface area contributed by atoms with Crippen LogP contribution in [0.4, 0.5) is 0 Å². The first kappa shape index (κ1) is 16.1. The van der Waals surface area contributed by atoms with Gasteiger partial charge in [-0.15, -0.1) is 0 Å². The number of rotatable bonds is 6. The van der Waals surface area contributed by atoms with Gasteiger partial charge in [0, 0.05) is 0 Å². The van der Waals surface area contributed by atoms with Crippen LogP contribution < -0.4 is 5.32 Å². The van der Waals surface area contributed by atoms with E-state index in [-0.39, 0.29) is 0 Å². The Morgan fingerprint density at radius 1 is 1.15 bits per heavy atom. The van der Waals surface area contributed by atoms with Crippen LogP contribution in [-0.2, 0) is 6.42 Å². The Kier molecular flexibility index (Phi) is 6.20. The van der Waals surface area contributed by atoms with Gasteiger partial charge in [0.1, 0.15) is 0 Å². The number of benzene rings is 1. The average Bonchev–Trinajstić information content (AvgIpc) is 2.81. The summed E-state index contributed by atoms with van der Waals surface area (Å²) in [6.45, 7) is 6.80. The molecule has 0 aliphatic heterocycles. The fourth-order valence-electron chi connectivity index (χ4n) is 3.18. The Balaban J connectivity index is 1.88. The normalized spacial score (nSPS) is 22.6. The van der Waals surface area contributed by atoms with Crippen molar-refractivity contribution in [3.05, 3.63) is 33.8 Å². The highest BCUT2D eigenvalue weighted by Crippen LogP contribution is 2.35. The molecule has 0 aromatic heterocycles. The topological polar surface area (TPSA) is 12.0 Å². The molecule has 1 fully saturated rings. The van der Waals surface area contributed by atoms with Crippen molar-refractivity contribution in [2.24, 2.45) is 17.8 Å². The second kappa shape index (κ2) is 7.68. The van der Waals surface area contributed by atoms with E-state index >= 15 is 0 Å². The number of hydrogen-bond acceptors (Lipinski definition) is 1. The smallest absolute Gasteiger partial charge is 0.0595 e. The van der Waals surface area contributed by atoms with E-state index in [2.05, 4.69) is 25.2 Å². The summed E-state index contributed by atoms with van der Waals surface area (Å²) in [5.74, 6) is 2.32. The molecular formula is C17H25Cl2N. The molecule has 1 nitrogen and oxygen atoms in total. The number of hydrogen-bond donors (Lipinski definition) is 1. The molecule has 112 valence electrons. The molecule has 0 spiro atoms. The Hall–Kier alpha value is -0.240. The van der Waals surface area contributed by atoms with Crippen molar-refractivity contribution >= 4 is 23.2 Å². The van der Waals surface area contributed by atoms with Crippen molar-refractivity contribution in [2.75, 3.05) is 13.1 Å². The zero-order valence-electron chi connectivity index (χ0n) is 12.5. The third kappa shape index (κ3) is 4.65. The Morgan fingerprint density at radius 2 is 1.90 bits per heavy atom. The molecule has 1 aliphatic rings. The first-order valence-corrected chi connectivity index (χ1v) is 8.46. The second-order valence-corrected chi connectivity index (χ2v) is 7.27. The van der Waals surface area contributed by atoms with E-state index in [0.29, 0.717) is 10.0 Å². The Bertz CT molecular complexity index is 431. The van der Waals surface area contributed by atoms with E-state index in [4.69, 9.17) is 23.2 Å². The molecule has 1 saturated carbocycles. The lowest BCUT2D eigenvalue weighted by atomic mass is 9.89. The van der Waals surface area contributed by atoms with E-state index in [1.807, 2.05) is 12.1 Å². The maximum atomic E-state index is 6.11. The molecule has 0 saturated heterocycles. The van der Waals surface area contributed by atoms with Gasteiger partial charge in [-0.3, -0.25) is 0 Å². The van der Waals surface area contributed by atoms with Gasteiger partial charge in [0.05, 0.1) is 10.0 Å². The molecule has 3 heteroatoms. The summed E-state index contributed by atoms with van der Waals surface area (Å²) in [6.07, 6.45) is 5.19. The van der Waals surface area contributed by atoms with Gasteiger partial charge >= 0.3 is 0 Å². The number of halogens is 2. The molecule has 1 aromatic carbocycles. The van der Waals surface area contributed by atoms with Gasteiger partial charge < -0.3 is 5.32 Å². The van der Waals surface area contributed by atoms with Crippen LogP contribution in [0.3, 0.4) is 0 Å². The highest BCUT2D eigenvalue weighted by atomic mass is 35.5. The molecule has 2 rings (SSSR count). The lowest BCUT2D eigenvalue weighted by Crippen LogP contribution is -2.28.